The summed E-state index contributed by atoms with van der Waals surface area (Å²) >= 11 is 0. The third-order valence-electron chi connectivity index (χ3n) is 5.89. The number of carbonyl (C=O) groups is 1. The molecule has 2 aromatic carbocycles. The first kappa shape index (κ1) is 22.2. The lowest BCUT2D eigenvalue weighted by Gasteiger charge is -2.34. The van der Waals surface area contributed by atoms with E-state index in [-0.39, 0.29) is 24.0 Å². The average Bonchev–Trinajstić information content (AvgIpc) is 2.78. The van der Waals surface area contributed by atoms with Crippen molar-refractivity contribution in [3.63, 3.8) is 0 Å². The summed E-state index contributed by atoms with van der Waals surface area (Å²) < 4.78 is 0. The average molecular weight is 432 g/mol. The summed E-state index contributed by atoms with van der Waals surface area (Å²) in [5.74, 6) is 0.684. The van der Waals surface area contributed by atoms with Crippen LogP contribution in [0.3, 0.4) is 0 Å². The van der Waals surface area contributed by atoms with E-state index in [1.54, 1.807) is 0 Å². The molecular weight excluding hydrogens is 398 g/mol. The van der Waals surface area contributed by atoms with E-state index in [2.05, 4.69) is 71.0 Å². The Bertz CT molecular complexity index is 1050. The van der Waals surface area contributed by atoms with Crippen molar-refractivity contribution >= 4 is 22.6 Å². The summed E-state index contributed by atoms with van der Waals surface area (Å²) in [6.45, 7) is 6.80. The van der Waals surface area contributed by atoms with E-state index < -0.39 is 0 Å². The first-order valence-electron chi connectivity index (χ1n) is 11.5. The molecule has 0 atom stereocenters. The highest BCUT2D eigenvalue weighted by molar-refractivity contribution is 5.93. The number of amides is 1. The minimum absolute atomic E-state index is 0.00297. The Morgan fingerprint density at radius 1 is 0.938 bits per heavy atom. The highest BCUT2D eigenvalue weighted by Gasteiger charge is 2.25. The molecule has 0 radical (unpaired) electrons. The lowest BCUT2D eigenvalue weighted by atomic mass is 9.89. The normalized spacial score (nSPS) is 19.0. The number of hydrogen-bond acceptors (Lipinski definition) is 5. The van der Waals surface area contributed by atoms with E-state index in [9.17, 15) is 4.79 Å². The predicted octanol–water partition coefficient (Wildman–Crippen LogP) is 4.52. The fourth-order valence-electron chi connectivity index (χ4n) is 4.44. The van der Waals surface area contributed by atoms with Gasteiger partial charge in [-0.05, 0) is 69.7 Å². The largest absolute Gasteiger partial charge is 0.360 e. The van der Waals surface area contributed by atoms with Crippen molar-refractivity contribution < 1.29 is 4.79 Å². The van der Waals surface area contributed by atoms with Crippen molar-refractivity contribution in [3.8, 4) is 11.1 Å². The van der Waals surface area contributed by atoms with E-state index in [1.165, 1.54) is 6.33 Å². The molecule has 0 saturated heterocycles. The molecule has 3 aromatic rings. The monoisotopic (exact) mass is 431 g/mol. The lowest BCUT2D eigenvalue weighted by Crippen LogP contribution is -2.48. The Kier molecular flexibility index (Phi) is 6.70. The molecule has 1 amide bonds. The predicted molar refractivity (Wildman–Crippen MR) is 131 cm³/mol. The summed E-state index contributed by atoms with van der Waals surface area (Å²) in [5.41, 5.74) is 3.22. The van der Waals surface area contributed by atoms with Crippen LogP contribution in [0.25, 0.3) is 22.0 Å². The topological polar surface area (TPSA) is 78.9 Å². The standard InChI is InChI=1S/C26H33N5O/c1-26(2,3)31-21-12-10-20(11-13-21)30-24(32)16-27-25-22-15-19(18-7-5-4-6-8-18)9-14-23(22)28-17-29-25/h4-9,14-15,17,20-21,31H,10-13,16H2,1-3H3,(H,30,32)(H,27,28,29). The lowest BCUT2D eigenvalue weighted by molar-refractivity contribution is -0.120. The van der Waals surface area contributed by atoms with E-state index >= 15 is 0 Å². The van der Waals surface area contributed by atoms with Crippen LogP contribution in [0.15, 0.2) is 54.9 Å². The number of nitrogens with zero attached hydrogens (tertiary/aromatic N) is 2. The molecule has 1 aliphatic carbocycles. The maximum atomic E-state index is 12.6. The molecule has 1 aromatic heterocycles. The quantitative estimate of drug-likeness (QED) is 0.535. The van der Waals surface area contributed by atoms with Gasteiger partial charge in [-0.15, -0.1) is 0 Å². The van der Waals surface area contributed by atoms with Crippen molar-refractivity contribution in [3.05, 3.63) is 54.9 Å². The molecule has 168 valence electrons. The van der Waals surface area contributed by atoms with Crippen LogP contribution >= 0.6 is 0 Å². The number of benzene rings is 2. The molecule has 1 saturated carbocycles. The Labute approximate surface area is 190 Å². The van der Waals surface area contributed by atoms with Crippen LogP contribution < -0.4 is 16.0 Å². The van der Waals surface area contributed by atoms with Gasteiger partial charge in [-0.1, -0.05) is 36.4 Å². The molecule has 6 heteroatoms. The highest BCUT2D eigenvalue weighted by Crippen LogP contribution is 2.27. The first-order valence-corrected chi connectivity index (χ1v) is 11.5. The first-order chi connectivity index (χ1) is 15.4. The van der Waals surface area contributed by atoms with Crippen molar-refractivity contribution in [2.75, 3.05) is 11.9 Å². The van der Waals surface area contributed by atoms with Crippen LogP contribution in [0.5, 0.6) is 0 Å². The van der Waals surface area contributed by atoms with E-state index in [1.807, 2.05) is 24.3 Å². The summed E-state index contributed by atoms with van der Waals surface area (Å²) in [6, 6.07) is 17.1. The van der Waals surface area contributed by atoms with Gasteiger partial charge < -0.3 is 16.0 Å². The van der Waals surface area contributed by atoms with Crippen LogP contribution in [0.4, 0.5) is 5.82 Å². The van der Waals surface area contributed by atoms with Crippen LogP contribution in [-0.2, 0) is 4.79 Å². The van der Waals surface area contributed by atoms with Gasteiger partial charge in [0.15, 0.2) is 0 Å². The zero-order chi connectivity index (χ0) is 22.6. The smallest absolute Gasteiger partial charge is 0.239 e. The zero-order valence-corrected chi connectivity index (χ0v) is 19.2. The molecule has 4 rings (SSSR count). The van der Waals surface area contributed by atoms with E-state index in [0.29, 0.717) is 11.9 Å². The number of anilines is 1. The van der Waals surface area contributed by atoms with E-state index in [4.69, 9.17) is 0 Å². The summed E-state index contributed by atoms with van der Waals surface area (Å²) in [4.78, 5) is 21.4. The van der Waals surface area contributed by atoms with Crippen molar-refractivity contribution in [2.45, 2.75) is 64.1 Å². The summed E-state index contributed by atoms with van der Waals surface area (Å²) in [5, 5.41) is 11.0. The van der Waals surface area contributed by atoms with Gasteiger partial charge in [0.2, 0.25) is 5.91 Å². The second-order valence-corrected chi connectivity index (χ2v) is 9.68. The highest BCUT2D eigenvalue weighted by atomic mass is 16.2. The Hall–Kier alpha value is -2.99. The molecule has 1 aliphatic rings. The molecule has 0 bridgehead atoms. The molecular formula is C26H33N5O. The molecule has 3 N–H and O–H groups in total. The third-order valence-corrected chi connectivity index (χ3v) is 5.89. The van der Waals surface area contributed by atoms with Gasteiger partial charge in [-0.2, -0.15) is 0 Å². The van der Waals surface area contributed by atoms with Gasteiger partial charge in [0.25, 0.3) is 0 Å². The number of fused-ring (bicyclic) bond motifs is 1. The SMILES string of the molecule is CC(C)(C)NC1CCC(NC(=O)CNc2ncnc3ccc(-c4ccccc4)cc23)CC1. The number of aromatic nitrogens is 2. The minimum Gasteiger partial charge on any atom is -0.360 e. The molecule has 1 fully saturated rings. The van der Waals surface area contributed by atoms with Crippen molar-refractivity contribution in [2.24, 2.45) is 0 Å². The van der Waals surface area contributed by atoms with Gasteiger partial charge in [0.1, 0.15) is 12.1 Å². The zero-order valence-electron chi connectivity index (χ0n) is 19.2. The fraction of sp³-hybridized carbons (Fsp3) is 0.423. The fourth-order valence-corrected chi connectivity index (χ4v) is 4.44. The number of carbonyl (C=O) groups excluding carboxylic acids is 1. The summed E-state index contributed by atoms with van der Waals surface area (Å²) in [6.07, 6.45) is 5.74. The van der Waals surface area contributed by atoms with Gasteiger partial charge in [-0.3, -0.25) is 4.79 Å². The Morgan fingerprint density at radius 3 is 2.38 bits per heavy atom. The number of nitrogens with one attached hydrogen (secondary N) is 3. The minimum atomic E-state index is 0.00297. The van der Waals surface area contributed by atoms with Crippen molar-refractivity contribution in [1.29, 1.82) is 0 Å². The number of rotatable bonds is 6. The Morgan fingerprint density at radius 2 is 1.66 bits per heavy atom. The van der Waals surface area contributed by atoms with Gasteiger partial charge in [0, 0.05) is 23.0 Å². The molecule has 6 nitrogen and oxygen atoms in total. The van der Waals surface area contributed by atoms with Gasteiger partial charge >= 0.3 is 0 Å². The molecule has 0 spiro atoms. The van der Waals surface area contributed by atoms with Crippen LogP contribution in [-0.4, -0.2) is 40.0 Å². The van der Waals surface area contributed by atoms with Crippen LogP contribution in [0, 0.1) is 0 Å². The Balaban J connectivity index is 1.35. The van der Waals surface area contributed by atoms with Crippen LogP contribution in [0.2, 0.25) is 0 Å². The van der Waals surface area contributed by atoms with E-state index in [0.717, 1.165) is 47.7 Å². The third kappa shape index (κ3) is 5.82. The second kappa shape index (κ2) is 9.65. The molecule has 1 heterocycles. The van der Waals surface area contributed by atoms with Crippen molar-refractivity contribution in [1.82, 2.24) is 20.6 Å². The number of hydrogen-bond donors (Lipinski definition) is 3. The van der Waals surface area contributed by atoms with Crippen LogP contribution in [0.1, 0.15) is 46.5 Å². The maximum absolute atomic E-state index is 12.6. The molecule has 32 heavy (non-hydrogen) atoms. The summed E-state index contributed by atoms with van der Waals surface area (Å²) in [7, 11) is 0. The van der Waals surface area contributed by atoms with Gasteiger partial charge in [0.05, 0.1) is 12.1 Å². The van der Waals surface area contributed by atoms with Gasteiger partial charge in [-0.25, -0.2) is 9.97 Å². The molecule has 0 aliphatic heterocycles. The maximum Gasteiger partial charge on any atom is 0.239 e. The molecule has 0 unspecified atom stereocenters. The second-order valence-electron chi connectivity index (χ2n) is 9.68.